The van der Waals surface area contributed by atoms with Crippen LogP contribution in [0.5, 0.6) is 5.75 Å². The second kappa shape index (κ2) is 6.69. The minimum Gasteiger partial charge on any atom is -0.497 e. The fourth-order valence-electron chi connectivity index (χ4n) is 2.32. The molecule has 0 radical (unpaired) electrons. The summed E-state index contributed by atoms with van der Waals surface area (Å²) in [4.78, 5) is 0. The van der Waals surface area contributed by atoms with Gasteiger partial charge >= 0.3 is 0 Å². The first-order valence-electron chi connectivity index (χ1n) is 6.69. The molecule has 1 unspecified atom stereocenters. The molecule has 0 saturated heterocycles. The molecule has 1 N–H and O–H groups in total. The molecule has 2 aromatic rings. The second-order valence-corrected chi connectivity index (χ2v) is 6.28. The number of ether oxygens (including phenoxy) is 1. The molecule has 2 rings (SSSR count). The van der Waals surface area contributed by atoms with E-state index in [1.165, 1.54) is 0 Å². The third kappa shape index (κ3) is 4.63. The highest BCUT2D eigenvalue weighted by atomic mass is 35.5. The number of methoxy groups -OCH3 is 1. The van der Waals surface area contributed by atoms with Crippen molar-refractivity contribution in [1.82, 2.24) is 0 Å². The van der Waals surface area contributed by atoms with Crippen molar-refractivity contribution in [3.05, 3.63) is 63.6 Å². The number of aliphatic hydroxyl groups is 1. The molecule has 0 fully saturated rings. The van der Waals surface area contributed by atoms with Gasteiger partial charge in [0.2, 0.25) is 0 Å². The lowest BCUT2D eigenvalue weighted by atomic mass is 9.90. The zero-order valence-corrected chi connectivity index (χ0v) is 13.6. The summed E-state index contributed by atoms with van der Waals surface area (Å²) in [5.74, 6) is 0.805. The van der Waals surface area contributed by atoms with E-state index in [1.807, 2.05) is 37.3 Å². The third-order valence-corrected chi connectivity index (χ3v) is 3.92. The molecule has 21 heavy (non-hydrogen) atoms. The highest BCUT2D eigenvalue weighted by molar-refractivity contribution is 6.35. The average Bonchev–Trinajstić information content (AvgIpc) is 2.42. The van der Waals surface area contributed by atoms with Crippen molar-refractivity contribution in [3.63, 3.8) is 0 Å². The van der Waals surface area contributed by atoms with Crippen LogP contribution < -0.4 is 4.74 Å². The molecule has 2 aromatic carbocycles. The van der Waals surface area contributed by atoms with Gasteiger partial charge in [-0.1, -0.05) is 41.4 Å². The van der Waals surface area contributed by atoms with Gasteiger partial charge in [-0.15, -0.1) is 0 Å². The molecule has 0 saturated carbocycles. The van der Waals surface area contributed by atoms with Gasteiger partial charge < -0.3 is 9.84 Å². The Morgan fingerprint density at radius 1 is 1.05 bits per heavy atom. The van der Waals surface area contributed by atoms with Crippen molar-refractivity contribution in [1.29, 1.82) is 0 Å². The summed E-state index contributed by atoms with van der Waals surface area (Å²) in [6.45, 7) is 1.81. The number of benzene rings is 2. The van der Waals surface area contributed by atoms with E-state index in [0.29, 0.717) is 22.9 Å². The van der Waals surface area contributed by atoms with Crippen molar-refractivity contribution < 1.29 is 9.84 Å². The molecular formula is C17H18Cl2O2. The van der Waals surface area contributed by atoms with Crippen molar-refractivity contribution in [3.8, 4) is 5.75 Å². The molecule has 0 heterocycles. The molecule has 0 spiro atoms. The molecule has 0 aromatic heterocycles. The molecular weight excluding hydrogens is 307 g/mol. The smallest absolute Gasteiger partial charge is 0.118 e. The Hall–Kier alpha value is -1.22. The molecule has 0 bridgehead atoms. The van der Waals surface area contributed by atoms with Crippen LogP contribution in [0.25, 0.3) is 0 Å². The number of rotatable bonds is 5. The van der Waals surface area contributed by atoms with E-state index in [4.69, 9.17) is 27.9 Å². The fraction of sp³-hybridized carbons (Fsp3) is 0.294. The van der Waals surface area contributed by atoms with Crippen LogP contribution in [-0.2, 0) is 12.8 Å². The molecule has 0 aliphatic heterocycles. The molecule has 2 nitrogen and oxygen atoms in total. The van der Waals surface area contributed by atoms with E-state index in [2.05, 4.69) is 0 Å². The highest BCUT2D eigenvalue weighted by Gasteiger charge is 2.23. The number of hydrogen-bond donors (Lipinski definition) is 1. The van der Waals surface area contributed by atoms with Gasteiger partial charge in [-0.2, -0.15) is 0 Å². The minimum absolute atomic E-state index is 0.467. The third-order valence-electron chi connectivity index (χ3n) is 3.33. The zero-order valence-electron chi connectivity index (χ0n) is 12.1. The Morgan fingerprint density at radius 2 is 1.71 bits per heavy atom. The van der Waals surface area contributed by atoms with Crippen molar-refractivity contribution >= 4 is 23.2 Å². The lowest BCUT2D eigenvalue weighted by molar-refractivity contribution is 0.0608. The molecule has 112 valence electrons. The van der Waals surface area contributed by atoms with Gasteiger partial charge in [-0.3, -0.25) is 0 Å². The first-order chi connectivity index (χ1) is 9.89. The van der Waals surface area contributed by atoms with Crippen LogP contribution in [0.4, 0.5) is 0 Å². The van der Waals surface area contributed by atoms with E-state index >= 15 is 0 Å². The van der Waals surface area contributed by atoms with E-state index in [1.54, 1.807) is 19.2 Å². The SMILES string of the molecule is COc1ccc(CC(C)(O)Cc2ccc(Cl)cc2Cl)cc1. The maximum Gasteiger partial charge on any atom is 0.118 e. The van der Waals surface area contributed by atoms with Crippen LogP contribution in [0.3, 0.4) is 0 Å². The maximum absolute atomic E-state index is 10.6. The highest BCUT2D eigenvalue weighted by Crippen LogP contribution is 2.26. The normalized spacial score (nSPS) is 13.8. The van der Waals surface area contributed by atoms with Gasteiger partial charge in [-0.25, -0.2) is 0 Å². The summed E-state index contributed by atoms with van der Waals surface area (Å²) in [5.41, 5.74) is 1.05. The van der Waals surface area contributed by atoms with E-state index in [-0.39, 0.29) is 0 Å². The van der Waals surface area contributed by atoms with Crippen LogP contribution in [0.1, 0.15) is 18.1 Å². The molecule has 1 atom stereocenters. The van der Waals surface area contributed by atoms with Gasteiger partial charge in [0.25, 0.3) is 0 Å². The summed E-state index contributed by atoms with van der Waals surface area (Å²) in [6, 6.07) is 13.0. The topological polar surface area (TPSA) is 29.5 Å². The standard InChI is InChI=1S/C17H18Cl2O2/c1-17(20,10-12-3-7-15(21-2)8-4-12)11-13-5-6-14(18)9-16(13)19/h3-9,20H,10-11H2,1-2H3. The Morgan fingerprint density at radius 3 is 2.29 bits per heavy atom. The van der Waals surface area contributed by atoms with E-state index < -0.39 is 5.60 Å². The van der Waals surface area contributed by atoms with Crippen LogP contribution in [0, 0.1) is 0 Å². The first-order valence-corrected chi connectivity index (χ1v) is 7.44. The van der Waals surface area contributed by atoms with Gasteiger partial charge in [0.1, 0.15) is 5.75 Å². The van der Waals surface area contributed by atoms with Gasteiger partial charge in [0.15, 0.2) is 0 Å². The Kier molecular flexibility index (Phi) is 5.15. The van der Waals surface area contributed by atoms with Crippen LogP contribution >= 0.6 is 23.2 Å². The monoisotopic (exact) mass is 324 g/mol. The first kappa shape index (κ1) is 16.2. The zero-order chi connectivity index (χ0) is 15.5. The quantitative estimate of drug-likeness (QED) is 0.875. The summed E-state index contributed by atoms with van der Waals surface area (Å²) < 4.78 is 5.13. The summed E-state index contributed by atoms with van der Waals surface area (Å²) in [6.07, 6.45) is 1.00. The number of halogens is 2. The summed E-state index contributed by atoms with van der Waals surface area (Å²) in [5, 5.41) is 11.8. The van der Waals surface area contributed by atoms with Crippen molar-refractivity contribution in [2.75, 3.05) is 7.11 Å². The van der Waals surface area contributed by atoms with Gasteiger partial charge in [0.05, 0.1) is 12.7 Å². The Balaban J connectivity index is 2.10. The van der Waals surface area contributed by atoms with Crippen molar-refractivity contribution in [2.45, 2.75) is 25.4 Å². The second-order valence-electron chi connectivity index (χ2n) is 5.43. The van der Waals surface area contributed by atoms with Crippen LogP contribution in [0.15, 0.2) is 42.5 Å². The fourth-order valence-corrected chi connectivity index (χ4v) is 2.80. The molecule has 0 amide bonds. The maximum atomic E-state index is 10.6. The Bertz CT molecular complexity index is 607. The molecule has 0 aliphatic carbocycles. The average molecular weight is 325 g/mol. The van der Waals surface area contributed by atoms with Gasteiger partial charge in [-0.05, 0) is 42.3 Å². The summed E-state index contributed by atoms with van der Waals surface area (Å²) >= 11 is 12.1. The van der Waals surface area contributed by atoms with Gasteiger partial charge in [0, 0.05) is 22.9 Å². The van der Waals surface area contributed by atoms with E-state index in [0.717, 1.165) is 16.9 Å². The summed E-state index contributed by atoms with van der Waals surface area (Å²) in [7, 11) is 1.63. The van der Waals surface area contributed by atoms with Crippen LogP contribution in [0.2, 0.25) is 10.0 Å². The molecule has 4 heteroatoms. The lowest BCUT2D eigenvalue weighted by Gasteiger charge is -2.24. The van der Waals surface area contributed by atoms with Crippen LogP contribution in [-0.4, -0.2) is 17.8 Å². The Labute approximate surface area is 135 Å². The largest absolute Gasteiger partial charge is 0.497 e. The minimum atomic E-state index is -0.883. The lowest BCUT2D eigenvalue weighted by Crippen LogP contribution is -2.30. The number of hydrogen-bond acceptors (Lipinski definition) is 2. The predicted molar refractivity (Wildman–Crippen MR) is 87.5 cm³/mol. The van der Waals surface area contributed by atoms with E-state index in [9.17, 15) is 5.11 Å². The predicted octanol–water partition coefficient (Wildman–Crippen LogP) is 4.54. The molecule has 0 aliphatic rings. The van der Waals surface area contributed by atoms with Crippen molar-refractivity contribution in [2.24, 2.45) is 0 Å².